The number of aromatic nitrogens is 3. The summed E-state index contributed by atoms with van der Waals surface area (Å²) >= 11 is 0. The first kappa shape index (κ1) is 15.6. The Bertz CT molecular complexity index is 775. The summed E-state index contributed by atoms with van der Waals surface area (Å²) in [7, 11) is -2.88. The van der Waals surface area contributed by atoms with E-state index in [1.54, 1.807) is 12.1 Å². The molecule has 8 nitrogen and oxygen atoms in total. The lowest BCUT2D eigenvalue weighted by atomic mass is 10.1. The molecule has 1 fully saturated rings. The zero-order valence-electron chi connectivity index (χ0n) is 12.4. The third kappa shape index (κ3) is 4.14. The lowest BCUT2D eigenvalue weighted by Gasteiger charge is -2.26. The molecular formula is C14H17N5O3S. The molecule has 1 aliphatic heterocycles. The highest BCUT2D eigenvalue weighted by atomic mass is 32.2. The number of carbonyl (C=O) groups is 1. The number of rotatable bonds is 4. The fraction of sp³-hybridized carbons (Fsp3) is 0.357. The second kappa shape index (κ2) is 6.47. The van der Waals surface area contributed by atoms with Gasteiger partial charge in [-0.05, 0) is 17.7 Å². The summed E-state index contributed by atoms with van der Waals surface area (Å²) in [5.74, 6) is 0.406. The van der Waals surface area contributed by atoms with Crippen molar-refractivity contribution in [1.82, 2.24) is 20.1 Å². The number of anilines is 1. The van der Waals surface area contributed by atoms with E-state index in [-0.39, 0.29) is 17.4 Å². The van der Waals surface area contributed by atoms with Crippen LogP contribution in [0.15, 0.2) is 30.6 Å². The lowest BCUT2D eigenvalue weighted by molar-refractivity contribution is 0.102. The van der Waals surface area contributed by atoms with E-state index in [0.29, 0.717) is 31.1 Å². The van der Waals surface area contributed by atoms with E-state index in [1.165, 1.54) is 6.33 Å². The third-order valence-corrected chi connectivity index (χ3v) is 5.29. The monoisotopic (exact) mass is 335 g/mol. The van der Waals surface area contributed by atoms with Gasteiger partial charge in [-0.1, -0.05) is 12.1 Å². The molecule has 2 N–H and O–H groups in total. The molecule has 23 heavy (non-hydrogen) atoms. The maximum atomic E-state index is 12.1. The molecule has 2 heterocycles. The quantitative estimate of drug-likeness (QED) is 0.831. The molecule has 1 saturated heterocycles. The van der Waals surface area contributed by atoms with E-state index in [2.05, 4.69) is 25.4 Å². The first-order valence-electron chi connectivity index (χ1n) is 7.20. The van der Waals surface area contributed by atoms with Gasteiger partial charge in [0.15, 0.2) is 9.84 Å². The zero-order valence-corrected chi connectivity index (χ0v) is 13.2. The van der Waals surface area contributed by atoms with E-state index in [1.807, 2.05) is 12.1 Å². The number of aromatic amines is 1. The number of nitrogens with zero attached hydrogens (tertiary/aromatic N) is 3. The van der Waals surface area contributed by atoms with E-state index in [4.69, 9.17) is 0 Å². The molecule has 122 valence electrons. The minimum absolute atomic E-state index is 0.193. The van der Waals surface area contributed by atoms with Crippen LogP contribution in [0.2, 0.25) is 0 Å². The van der Waals surface area contributed by atoms with Gasteiger partial charge in [0.25, 0.3) is 5.91 Å². The van der Waals surface area contributed by atoms with Crippen LogP contribution in [0.4, 0.5) is 5.95 Å². The number of amides is 1. The molecule has 1 aromatic carbocycles. The summed E-state index contributed by atoms with van der Waals surface area (Å²) in [6.07, 6.45) is 1.32. The van der Waals surface area contributed by atoms with Gasteiger partial charge in [0, 0.05) is 25.2 Å². The number of hydrogen-bond donors (Lipinski definition) is 2. The largest absolute Gasteiger partial charge is 0.297 e. The number of H-pyrrole nitrogens is 1. The highest BCUT2D eigenvalue weighted by Crippen LogP contribution is 2.12. The molecule has 1 amide bonds. The van der Waals surface area contributed by atoms with Crippen LogP contribution in [0.5, 0.6) is 0 Å². The van der Waals surface area contributed by atoms with Crippen molar-refractivity contribution >= 4 is 21.7 Å². The summed E-state index contributed by atoms with van der Waals surface area (Å²) < 4.78 is 22.9. The minimum Gasteiger partial charge on any atom is -0.297 e. The Kier molecular flexibility index (Phi) is 4.39. The Labute approximate surface area is 133 Å². The average molecular weight is 335 g/mol. The number of hydrogen-bond acceptors (Lipinski definition) is 6. The highest BCUT2D eigenvalue weighted by Gasteiger charge is 2.21. The van der Waals surface area contributed by atoms with Gasteiger partial charge in [-0.3, -0.25) is 15.0 Å². The molecule has 0 spiro atoms. The summed E-state index contributed by atoms with van der Waals surface area (Å²) in [6.45, 7) is 1.67. The van der Waals surface area contributed by atoms with Crippen LogP contribution >= 0.6 is 0 Å². The smallest absolute Gasteiger partial charge is 0.258 e. The van der Waals surface area contributed by atoms with Crippen LogP contribution in [0.1, 0.15) is 15.9 Å². The van der Waals surface area contributed by atoms with Gasteiger partial charge in [-0.15, -0.1) is 0 Å². The fourth-order valence-electron chi connectivity index (χ4n) is 2.42. The first-order chi connectivity index (χ1) is 11.0. The predicted octanol–water partition coefficient (Wildman–Crippen LogP) is 0.287. The number of carbonyl (C=O) groups excluding carboxylic acids is 1. The Morgan fingerprint density at radius 3 is 2.78 bits per heavy atom. The van der Waals surface area contributed by atoms with E-state index < -0.39 is 9.84 Å². The molecule has 9 heteroatoms. The molecule has 0 saturated carbocycles. The molecule has 0 aliphatic carbocycles. The Morgan fingerprint density at radius 2 is 2.09 bits per heavy atom. The predicted molar refractivity (Wildman–Crippen MR) is 84.7 cm³/mol. The normalized spacial score (nSPS) is 17.7. The molecule has 1 aromatic heterocycles. The second-order valence-corrected chi connectivity index (χ2v) is 7.72. The van der Waals surface area contributed by atoms with Gasteiger partial charge in [-0.25, -0.2) is 13.5 Å². The molecule has 2 aromatic rings. The van der Waals surface area contributed by atoms with Gasteiger partial charge >= 0.3 is 0 Å². The molecule has 1 aliphatic rings. The van der Waals surface area contributed by atoms with Crippen LogP contribution in [0.3, 0.4) is 0 Å². The van der Waals surface area contributed by atoms with E-state index in [9.17, 15) is 13.2 Å². The molecular weight excluding hydrogens is 318 g/mol. The molecule has 0 bridgehead atoms. The van der Waals surface area contributed by atoms with Gasteiger partial charge in [0.2, 0.25) is 5.95 Å². The number of sulfone groups is 1. The molecule has 0 radical (unpaired) electrons. The SMILES string of the molecule is O=C(Nc1ncn[nH]1)c1cccc(CN2CCS(=O)(=O)CC2)c1. The lowest BCUT2D eigenvalue weighted by Crippen LogP contribution is -2.39. The molecule has 0 atom stereocenters. The van der Waals surface area contributed by atoms with Gasteiger partial charge in [-0.2, -0.15) is 10.1 Å². The van der Waals surface area contributed by atoms with Crippen LogP contribution < -0.4 is 5.32 Å². The van der Waals surface area contributed by atoms with Crippen molar-refractivity contribution in [2.24, 2.45) is 0 Å². The Morgan fingerprint density at radius 1 is 1.30 bits per heavy atom. The second-order valence-electron chi connectivity index (χ2n) is 5.42. The maximum absolute atomic E-state index is 12.1. The Hall–Kier alpha value is -2.26. The zero-order chi connectivity index (χ0) is 16.3. The van der Waals surface area contributed by atoms with Crippen LogP contribution in [0.25, 0.3) is 0 Å². The Balaban J connectivity index is 1.64. The van der Waals surface area contributed by atoms with Gasteiger partial charge in [0.05, 0.1) is 11.5 Å². The van der Waals surface area contributed by atoms with Crippen LogP contribution in [-0.2, 0) is 16.4 Å². The van der Waals surface area contributed by atoms with Crippen molar-refractivity contribution in [3.63, 3.8) is 0 Å². The minimum atomic E-state index is -2.88. The summed E-state index contributed by atoms with van der Waals surface area (Å²) in [4.78, 5) is 18.1. The number of nitrogens with one attached hydrogen (secondary N) is 2. The molecule has 0 unspecified atom stereocenters. The first-order valence-corrected chi connectivity index (χ1v) is 9.02. The van der Waals surface area contributed by atoms with Crippen molar-refractivity contribution in [1.29, 1.82) is 0 Å². The van der Waals surface area contributed by atoms with Gasteiger partial charge in [0.1, 0.15) is 6.33 Å². The van der Waals surface area contributed by atoms with Crippen molar-refractivity contribution in [2.75, 3.05) is 29.9 Å². The van der Waals surface area contributed by atoms with Crippen molar-refractivity contribution in [2.45, 2.75) is 6.54 Å². The number of benzene rings is 1. The highest BCUT2D eigenvalue weighted by molar-refractivity contribution is 7.91. The molecule has 3 rings (SSSR count). The van der Waals surface area contributed by atoms with Crippen LogP contribution in [0, 0.1) is 0 Å². The summed E-state index contributed by atoms with van der Waals surface area (Å²) in [6, 6.07) is 7.25. The third-order valence-electron chi connectivity index (χ3n) is 3.68. The fourth-order valence-corrected chi connectivity index (χ4v) is 3.70. The topological polar surface area (TPSA) is 108 Å². The standard InChI is InChI=1S/C14H17N5O3S/c20-13(17-14-15-10-16-18-14)12-3-1-2-11(8-12)9-19-4-6-23(21,22)7-5-19/h1-3,8,10H,4-7,9H2,(H2,15,16,17,18,20). The van der Waals surface area contributed by atoms with Crippen molar-refractivity contribution in [3.8, 4) is 0 Å². The van der Waals surface area contributed by atoms with E-state index >= 15 is 0 Å². The van der Waals surface area contributed by atoms with Crippen molar-refractivity contribution in [3.05, 3.63) is 41.7 Å². The maximum Gasteiger partial charge on any atom is 0.258 e. The summed E-state index contributed by atoms with van der Waals surface area (Å²) in [5.41, 5.74) is 1.48. The van der Waals surface area contributed by atoms with Gasteiger partial charge < -0.3 is 0 Å². The summed E-state index contributed by atoms with van der Waals surface area (Å²) in [5, 5.41) is 8.86. The van der Waals surface area contributed by atoms with Crippen molar-refractivity contribution < 1.29 is 13.2 Å². The van der Waals surface area contributed by atoms with Crippen LogP contribution in [-0.4, -0.2) is 59.0 Å². The average Bonchev–Trinajstić information content (AvgIpc) is 3.03. The van der Waals surface area contributed by atoms with E-state index in [0.717, 1.165) is 5.56 Å².